The van der Waals surface area contributed by atoms with Gasteiger partial charge in [0.1, 0.15) is 5.75 Å². The van der Waals surface area contributed by atoms with Gasteiger partial charge in [0.2, 0.25) is 10.0 Å². The Bertz CT molecular complexity index is 688. The number of ether oxygens (including phenoxy) is 1. The van der Waals surface area contributed by atoms with Crippen LogP contribution in [0.5, 0.6) is 5.75 Å². The number of hydrogen-bond donors (Lipinski definition) is 2. The Kier molecular flexibility index (Phi) is 7.53. The van der Waals surface area contributed by atoms with Crippen LogP contribution < -0.4 is 14.8 Å². The fourth-order valence-corrected chi connectivity index (χ4v) is 4.11. The molecule has 2 N–H and O–H groups in total. The number of benzene rings is 1. The zero-order valence-electron chi connectivity index (χ0n) is 14.4. The maximum Gasteiger partial charge on any atom is 0.258 e. The van der Waals surface area contributed by atoms with Crippen LogP contribution in [0.2, 0.25) is 5.02 Å². The third kappa shape index (κ3) is 6.17. The van der Waals surface area contributed by atoms with E-state index >= 15 is 0 Å². The number of carbonyl (C=O) groups excluding carboxylic acids is 1. The molecule has 140 valence electrons. The summed E-state index contributed by atoms with van der Waals surface area (Å²) < 4.78 is 32.2. The summed E-state index contributed by atoms with van der Waals surface area (Å²) in [5, 5.41) is 3.08. The smallest absolute Gasteiger partial charge is 0.258 e. The molecule has 0 radical (unpaired) electrons. The minimum atomic E-state index is -3.59. The zero-order chi connectivity index (χ0) is 18.3. The molecule has 1 fully saturated rings. The molecule has 1 saturated carbocycles. The molecule has 0 saturated heterocycles. The third-order valence-corrected chi connectivity index (χ3v) is 5.87. The molecule has 0 bridgehead atoms. The maximum absolute atomic E-state index is 12.2. The highest BCUT2D eigenvalue weighted by Gasteiger charge is 2.18. The largest absolute Gasteiger partial charge is 0.482 e. The minimum Gasteiger partial charge on any atom is -0.482 e. The Morgan fingerprint density at radius 2 is 2.04 bits per heavy atom. The van der Waals surface area contributed by atoms with E-state index in [9.17, 15) is 13.2 Å². The average Bonchev–Trinajstić information content (AvgIpc) is 3.06. The van der Waals surface area contributed by atoms with E-state index in [2.05, 4.69) is 10.0 Å². The van der Waals surface area contributed by atoms with E-state index in [1.54, 1.807) is 0 Å². The van der Waals surface area contributed by atoms with E-state index in [1.165, 1.54) is 18.2 Å². The van der Waals surface area contributed by atoms with Gasteiger partial charge in [-0.1, -0.05) is 37.8 Å². The summed E-state index contributed by atoms with van der Waals surface area (Å²) >= 11 is 6.10. The average molecular weight is 389 g/mol. The summed E-state index contributed by atoms with van der Waals surface area (Å²) in [6.07, 6.45) is 5.96. The Hall–Kier alpha value is -1.31. The fourth-order valence-electron chi connectivity index (χ4n) is 2.72. The van der Waals surface area contributed by atoms with Gasteiger partial charge in [-0.25, -0.2) is 13.1 Å². The maximum atomic E-state index is 12.2. The van der Waals surface area contributed by atoms with Crippen molar-refractivity contribution in [2.24, 2.45) is 0 Å². The highest BCUT2D eigenvalue weighted by Crippen LogP contribution is 2.27. The molecule has 1 amide bonds. The first kappa shape index (κ1) is 20.0. The van der Waals surface area contributed by atoms with Crippen LogP contribution >= 0.6 is 11.6 Å². The molecule has 1 aliphatic rings. The second-order valence-corrected chi connectivity index (χ2v) is 8.36. The molecule has 0 aliphatic heterocycles. The Morgan fingerprint density at radius 1 is 1.32 bits per heavy atom. The summed E-state index contributed by atoms with van der Waals surface area (Å²) in [4.78, 5) is 12.0. The fraction of sp³-hybridized carbons (Fsp3) is 0.588. The van der Waals surface area contributed by atoms with Gasteiger partial charge in [-0.15, -0.1) is 0 Å². The van der Waals surface area contributed by atoms with Crippen molar-refractivity contribution in [1.82, 2.24) is 10.0 Å². The SMILES string of the molecule is CCCCNS(=O)(=O)c1ccc(OCC(=O)NC2CCCC2)c(Cl)c1. The van der Waals surface area contributed by atoms with Crippen LogP contribution in [0.25, 0.3) is 0 Å². The number of unbranched alkanes of at least 4 members (excludes halogenated alkanes) is 1. The molecule has 25 heavy (non-hydrogen) atoms. The number of carbonyl (C=O) groups is 1. The van der Waals surface area contributed by atoms with Crippen LogP contribution in [-0.2, 0) is 14.8 Å². The Labute approximate surface area is 154 Å². The van der Waals surface area contributed by atoms with Gasteiger partial charge in [0.25, 0.3) is 5.91 Å². The second-order valence-electron chi connectivity index (χ2n) is 6.18. The normalized spacial score (nSPS) is 15.3. The first-order valence-corrected chi connectivity index (χ1v) is 10.5. The van der Waals surface area contributed by atoms with E-state index < -0.39 is 10.0 Å². The standard InChI is InChI=1S/C17H25ClN2O4S/c1-2-3-10-19-25(22,23)14-8-9-16(15(18)11-14)24-12-17(21)20-13-6-4-5-7-13/h8-9,11,13,19H,2-7,10,12H2,1H3,(H,20,21). The van der Waals surface area contributed by atoms with Crippen LogP contribution in [-0.4, -0.2) is 33.5 Å². The van der Waals surface area contributed by atoms with Crippen molar-refractivity contribution in [1.29, 1.82) is 0 Å². The predicted molar refractivity (Wildman–Crippen MR) is 97.4 cm³/mol. The van der Waals surface area contributed by atoms with Crippen molar-refractivity contribution in [3.8, 4) is 5.75 Å². The molecule has 2 rings (SSSR count). The molecule has 1 aromatic rings. The van der Waals surface area contributed by atoms with E-state index in [0.29, 0.717) is 6.54 Å². The van der Waals surface area contributed by atoms with Crippen molar-refractivity contribution in [3.05, 3.63) is 23.2 Å². The number of amides is 1. The van der Waals surface area contributed by atoms with Gasteiger partial charge in [0, 0.05) is 12.6 Å². The molecule has 0 aromatic heterocycles. The van der Waals surface area contributed by atoms with Gasteiger partial charge < -0.3 is 10.1 Å². The number of halogens is 1. The molecule has 1 aliphatic carbocycles. The van der Waals surface area contributed by atoms with Crippen LogP contribution in [0, 0.1) is 0 Å². The molecule has 1 aromatic carbocycles. The molecule has 0 unspecified atom stereocenters. The number of rotatable bonds is 9. The van der Waals surface area contributed by atoms with Gasteiger partial charge in [-0.3, -0.25) is 4.79 Å². The molecular weight excluding hydrogens is 364 g/mol. The molecule has 0 atom stereocenters. The van der Waals surface area contributed by atoms with Crippen LogP contribution in [0.3, 0.4) is 0 Å². The van der Waals surface area contributed by atoms with E-state index in [-0.39, 0.29) is 34.2 Å². The van der Waals surface area contributed by atoms with Gasteiger partial charge in [0.05, 0.1) is 9.92 Å². The quantitative estimate of drug-likeness (QED) is 0.637. The molecule has 6 nitrogen and oxygen atoms in total. The van der Waals surface area contributed by atoms with Crippen LogP contribution in [0.1, 0.15) is 45.4 Å². The highest BCUT2D eigenvalue weighted by atomic mass is 35.5. The summed E-state index contributed by atoms with van der Waals surface area (Å²) in [6.45, 7) is 2.23. The lowest BCUT2D eigenvalue weighted by Gasteiger charge is -2.13. The summed E-state index contributed by atoms with van der Waals surface area (Å²) in [6, 6.07) is 4.46. The highest BCUT2D eigenvalue weighted by molar-refractivity contribution is 7.89. The van der Waals surface area contributed by atoms with Crippen molar-refractivity contribution in [2.45, 2.75) is 56.4 Å². The van der Waals surface area contributed by atoms with Crippen molar-refractivity contribution in [2.75, 3.05) is 13.2 Å². The predicted octanol–water partition coefficient (Wildman–Crippen LogP) is 2.86. The third-order valence-electron chi connectivity index (χ3n) is 4.12. The van der Waals surface area contributed by atoms with E-state index in [1.807, 2.05) is 6.92 Å². The van der Waals surface area contributed by atoms with E-state index in [0.717, 1.165) is 38.5 Å². The van der Waals surface area contributed by atoms with Gasteiger partial charge in [-0.2, -0.15) is 0 Å². The minimum absolute atomic E-state index is 0.0800. The Balaban J connectivity index is 1.91. The summed E-state index contributed by atoms with van der Waals surface area (Å²) in [5.41, 5.74) is 0. The van der Waals surface area contributed by atoms with Gasteiger partial charge >= 0.3 is 0 Å². The zero-order valence-corrected chi connectivity index (χ0v) is 16.0. The monoisotopic (exact) mass is 388 g/mol. The number of hydrogen-bond acceptors (Lipinski definition) is 4. The topological polar surface area (TPSA) is 84.5 Å². The van der Waals surface area contributed by atoms with Gasteiger partial charge in [0.15, 0.2) is 6.61 Å². The lowest BCUT2D eigenvalue weighted by Crippen LogP contribution is -2.36. The van der Waals surface area contributed by atoms with Crippen LogP contribution in [0.4, 0.5) is 0 Å². The first-order chi connectivity index (χ1) is 11.9. The summed E-state index contributed by atoms with van der Waals surface area (Å²) in [7, 11) is -3.59. The molecule has 8 heteroatoms. The molecule has 0 spiro atoms. The van der Waals surface area contributed by atoms with Gasteiger partial charge in [-0.05, 0) is 37.5 Å². The lowest BCUT2D eigenvalue weighted by molar-refractivity contribution is -0.123. The number of sulfonamides is 1. The molecular formula is C17H25ClN2O4S. The summed E-state index contributed by atoms with van der Waals surface area (Å²) in [5.74, 6) is 0.0941. The van der Waals surface area contributed by atoms with Crippen molar-refractivity contribution in [3.63, 3.8) is 0 Å². The first-order valence-electron chi connectivity index (χ1n) is 8.63. The second kappa shape index (κ2) is 9.40. The number of nitrogens with one attached hydrogen (secondary N) is 2. The lowest BCUT2D eigenvalue weighted by atomic mass is 10.2. The van der Waals surface area contributed by atoms with Crippen molar-refractivity contribution < 1.29 is 17.9 Å². The van der Waals surface area contributed by atoms with Crippen molar-refractivity contribution >= 4 is 27.5 Å². The van der Waals surface area contributed by atoms with Crippen LogP contribution in [0.15, 0.2) is 23.1 Å². The Morgan fingerprint density at radius 3 is 2.68 bits per heavy atom. The van der Waals surface area contributed by atoms with E-state index in [4.69, 9.17) is 16.3 Å². The molecule has 0 heterocycles.